The first-order valence-corrected chi connectivity index (χ1v) is 10.6. The van der Waals surface area contributed by atoms with E-state index in [-0.39, 0.29) is 17.7 Å². The number of piperidine rings is 1. The fourth-order valence-corrected chi connectivity index (χ4v) is 3.73. The highest BCUT2D eigenvalue weighted by molar-refractivity contribution is 6.30. The number of likely N-dealkylation sites (tertiary alicyclic amines) is 1. The summed E-state index contributed by atoms with van der Waals surface area (Å²) >= 11 is 5.82. The van der Waals surface area contributed by atoms with E-state index in [0.29, 0.717) is 49.1 Å². The standard InChI is InChI=1S/C23H28ClN3O2/c1-16(2)13-17-3-5-18(6-4-17)14-22(28)27-11-9-19(10-12-27)23(29)26-21-8-7-20(24)15-25-21/h3-8,15-16,19H,9-14H2,1-2H3,(H,25,26,29). The number of halogens is 1. The zero-order chi connectivity index (χ0) is 20.8. The lowest BCUT2D eigenvalue weighted by atomic mass is 9.95. The Kier molecular flexibility index (Phi) is 7.26. The van der Waals surface area contributed by atoms with E-state index in [1.807, 2.05) is 4.90 Å². The first kappa shape index (κ1) is 21.3. The summed E-state index contributed by atoms with van der Waals surface area (Å²) in [7, 11) is 0. The van der Waals surface area contributed by atoms with Gasteiger partial charge in [0.25, 0.3) is 0 Å². The smallest absolute Gasteiger partial charge is 0.228 e. The van der Waals surface area contributed by atoms with Crippen LogP contribution in [0.15, 0.2) is 42.6 Å². The minimum absolute atomic E-state index is 0.0485. The number of hydrogen-bond donors (Lipinski definition) is 1. The highest BCUT2D eigenvalue weighted by atomic mass is 35.5. The molecule has 2 amide bonds. The number of carbonyl (C=O) groups is 2. The second kappa shape index (κ2) is 9.88. The minimum atomic E-state index is -0.105. The Hall–Kier alpha value is -2.40. The fraction of sp³-hybridized carbons (Fsp3) is 0.435. The number of nitrogens with zero attached hydrogens (tertiary/aromatic N) is 2. The monoisotopic (exact) mass is 413 g/mol. The Labute approximate surface area is 177 Å². The molecular formula is C23H28ClN3O2. The number of amides is 2. The number of benzene rings is 1. The molecule has 1 aliphatic rings. The van der Waals surface area contributed by atoms with Crippen molar-refractivity contribution in [2.45, 2.75) is 39.5 Å². The predicted molar refractivity (Wildman–Crippen MR) is 116 cm³/mol. The number of nitrogens with one attached hydrogen (secondary N) is 1. The molecule has 2 heterocycles. The van der Waals surface area contributed by atoms with Gasteiger partial charge in [0.1, 0.15) is 5.82 Å². The second-order valence-corrected chi connectivity index (χ2v) is 8.53. The van der Waals surface area contributed by atoms with Gasteiger partial charge in [-0.15, -0.1) is 0 Å². The van der Waals surface area contributed by atoms with E-state index < -0.39 is 0 Å². The molecule has 6 heteroatoms. The first-order chi connectivity index (χ1) is 13.9. The molecule has 154 valence electrons. The molecule has 1 N–H and O–H groups in total. The van der Waals surface area contributed by atoms with E-state index in [2.05, 4.69) is 48.4 Å². The van der Waals surface area contributed by atoms with E-state index >= 15 is 0 Å². The quantitative estimate of drug-likeness (QED) is 0.765. The molecule has 29 heavy (non-hydrogen) atoms. The molecule has 3 rings (SSSR count). The average molecular weight is 414 g/mol. The van der Waals surface area contributed by atoms with Gasteiger partial charge in [0.15, 0.2) is 0 Å². The molecule has 1 aromatic heterocycles. The van der Waals surface area contributed by atoms with Gasteiger partial charge in [-0.2, -0.15) is 0 Å². The number of anilines is 1. The van der Waals surface area contributed by atoms with Gasteiger partial charge in [0, 0.05) is 25.2 Å². The number of carbonyl (C=O) groups excluding carboxylic acids is 2. The van der Waals surface area contributed by atoms with Crippen molar-refractivity contribution in [1.82, 2.24) is 9.88 Å². The Bertz CT molecular complexity index is 826. The van der Waals surface area contributed by atoms with E-state index in [1.165, 1.54) is 11.8 Å². The molecule has 1 aliphatic heterocycles. The van der Waals surface area contributed by atoms with Crippen LogP contribution in [0, 0.1) is 11.8 Å². The molecule has 2 aromatic rings. The largest absolute Gasteiger partial charge is 0.342 e. The molecule has 0 unspecified atom stereocenters. The van der Waals surface area contributed by atoms with Crippen LogP contribution in [0.1, 0.15) is 37.8 Å². The summed E-state index contributed by atoms with van der Waals surface area (Å²) in [4.78, 5) is 31.0. The van der Waals surface area contributed by atoms with Crippen LogP contribution >= 0.6 is 11.6 Å². The maximum Gasteiger partial charge on any atom is 0.228 e. The van der Waals surface area contributed by atoms with Gasteiger partial charge in [0.2, 0.25) is 11.8 Å². The van der Waals surface area contributed by atoms with Crippen LogP contribution in [0.25, 0.3) is 0 Å². The summed E-state index contributed by atoms with van der Waals surface area (Å²) in [5, 5.41) is 3.36. The third kappa shape index (κ3) is 6.29. The van der Waals surface area contributed by atoms with Crippen molar-refractivity contribution < 1.29 is 9.59 Å². The molecule has 1 saturated heterocycles. The van der Waals surface area contributed by atoms with Gasteiger partial charge < -0.3 is 10.2 Å². The van der Waals surface area contributed by atoms with E-state index in [1.54, 1.807) is 12.1 Å². The minimum Gasteiger partial charge on any atom is -0.342 e. The molecule has 1 fully saturated rings. The van der Waals surface area contributed by atoms with E-state index in [0.717, 1.165) is 12.0 Å². The normalized spacial score (nSPS) is 14.8. The molecule has 5 nitrogen and oxygen atoms in total. The average Bonchev–Trinajstić information content (AvgIpc) is 2.71. The van der Waals surface area contributed by atoms with E-state index in [4.69, 9.17) is 11.6 Å². The molecule has 0 aliphatic carbocycles. The first-order valence-electron chi connectivity index (χ1n) is 10.2. The molecule has 0 radical (unpaired) electrons. The third-order valence-electron chi connectivity index (χ3n) is 5.22. The van der Waals surface area contributed by atoms with Crippen LogP contribution in [0.3, 0.4) is 0 Å². The topological polar surface area (TPSA) is 62.3 Å². The van der Waals surface area contributed by atoms with Crippen LogP contribution in [0.2, 0.25) is 5.02 Å². The van der Waals surface area contributed by atoms with Crippen LogP contribution in [0.5, 0.6) is 0 Å². The SMILES string of the molecule is CC(C)Cc1ccc(CC(=O)N2CCC(C(=O)Nc3ccc(Cl)cn3)CC2)cc1. The van der Waals surface area contributed by atoms with Crippen molar-refractivity contribution in [1.29, 1.82) is 0 Å². The lowest BCUT2D eigenvalue weighted by Gasteiger charge is -2.31. The Balaban J connectivity index is 1.46. The number of rotatable bonds is 6. The van der Waals surface area contributed by atoms with Crippen molar-refractivity contribution in [2.24, 2.45) is 11.8 Å². The van der Waals surface area contributed by atoms with Crippen molar-refractivity contribution in [3.05, 3.63) is 58.7 Å². The van der Waals surface area contributed by atoms with Crippen molar-refractivity contribution >= 4 is 29.2 Å². The lowest BCUT2D eigenvalue weighted by Crippen LogP contribution is -2.42. The molecule has 1 aromatic carbocycles. The van der Waals surface area contributed by atoms with Crippen LogP contribution < -0.4 is 5.32 Å². The number of pyridine rings is 1. The molecule has 0 saturated carbocycles. The highest BCUT2D eigenvalue weighted by Crippen LogP contribution is 2.20. The van der Waals surface area contributed by atoms with Crippen LogP contribution in [0.4, 0.5) is 5.82 Å². The zero-order valence-corrected chi connectivity index (χ0v) is 17.8. The highest BCUT2D eigenvalue weighted by Gasteiger charge is 2.27. The van der Waals surface area contributed by atoms with Gasteiger partial charge >= 0.3 is 0 Å². The Morgan fingerprint density at radius 2 is 1.76 bits per heavy atom. The van der Waals surface area contributed by atoms with Crippen molar-refractivity contribution in [3.63, 3.8) is 0 Å². The Morgan fingerprint density at radius 3 is 2.34 bits per heavy atom. The van der Waals surface area contributed by atoms with Gasteiger partial charge in [-0.05, 0) is 48.4 Å². The molecule has 0 bridgehead atoms. The van der Waals surface area contributed by atoms with E-state index in [9.17, 15) is 9.59 Å². The summed E-state index contributed by atoms with van der Waals surface area (Å²) in [5.41, 5.74) is 2.34. The Morgan fingerprint density at radius 1 is 1.10 bits per heavy atom. The summed E-state index contributed by atoms with van der Waals surface area (Å²) < 4.78 is 0. The molecular weight excluding hydrogens is 386 g/mol. The predicted octanol–water partition coefficient (Wildman–Crippen LogP) is 4.35. The molecule has 0 atom stereocenters. The summed E-state index contributed by atoms with van der Waals surface area (Å²) in [5.74, 6) is 1.09. The second-order valence-electron chi connectivity index (χ2n) is 8.10. The van der Waals surface area contributed by atoms with Crippen molar-refractivity contribution in [3.8, 4) is 0 Å². The maximum absolute atomic E-state index is 12.6. The van der Waals surface area contributed by atoms with Crippen LogP contribution in [-0.4, -0.2) is 34.8 Å². The maximum atomic E-state index is 12.6. The fourth-order valence-electron chi connectivity index (χ4n) is 3.62. The van der Waals surface area contributed by atoms with Gasteiger partial charge in [-0.3, -0.25) is 9.59 Å². The van der Waals surface area contributed by atoms with Crippen LogP contribution in [-0.2, 0) is 22.4 Å². The summed E-state index contributed by atoms with van der Waals surface area (Å²) in [6.45, 7) is 5.62. The zero-order valence-electron chi connectivity index (χ0n) is 17.0. The van der Waals surface area contributed by atoms with Gasteiger partial charge in [0.05, 0.1) is 11.4 Å². The summed E-state index contributed by atoms with van der Waals surface area (Å²) in [6.07, 6.45) is 4.30. The number of hydrogen-bond acceptors (Lipinski definition) is 3. The van der Waals surface area contributed by atoms with Gasteiger partial charge in [-0.25, -0.2) is 4.98 Å². The number of aromatic nitrogens is 1. The third-order valence-corrected chi connectivity index (χ3v) is 5.44. The van der Waals surface area contributed by atoms with Crippen molar-refractivity contribution in [2.75, 3.05) is 18.4 Å². The van der Waals surface area contributed by atoms with Gasteiger partial charge in [-0.1, -0.05) is 49.7 Å². The molecule has 0 spiro atoms. The lowest BCUT2D eigenvalue weighted by molar-refractivity contribution is -0.133. The summed E-state index contributed by atoms with van der Waals surface area (Å²) in [6, 6.07) is 11.7.